The van der Waals surface area contributed by atoms with Gasteiger partial charge in [0.15, 0.2) is 0 Å². The highest BCUT2D eigenvalue weighted by Crippen LogP contribution is 2.19. The fourth-order valence-corrected chi connectivity index (χ4v) is 2.38. The molecule has 1 rings (SSSR count). The first-order valence-electron chi connectivity index (χ1n) is 6.69. The molecule has 0 spiro atoms. The predicted molar refractivity (Wildman–Crippen MR) is 83.0 cm³/mol. The largest absolute Gasteiger partial charge is 0.465 e. The van der Waals surface area contributed by atoms with Crippen LogP contribution in [0.4, 0.5) is 0 Å². The fraction of sp³-hybridized carbons (Fsp3) is 0.533. The van der Waals surface area contributed by atoms with E-state index in [1.54, 1.807) is 0 Å². The van der Waals surface area contributed by atoms with E-state index in [9.17, 15) is 4.79 Å². The lowest BCUT2D eigenvalue weighted by Gasteiger charge is -2.10. The van der Waals surface area contributed by atoms with Crippen LogP contribution in [0, 0.1) is 0 Å². The SMILES string of the molecule is CCCCOC(=O)C(Br)CCCc1ccccc1Cl. The molecule has 1 aromatic carbocycles. The van der Waals surface area contributed by atoms with E-state index in [-0.39, 0.29) is 10.8 Å². The molecule has 0 radical (unpaired) electrons. The van der Waals surface area contributed by atoms with Crippen LogP contribution in [0.1, 0.15) is 38.2 Å². The molecule has 1 unspecified atom stereocenters. The summed E-state index contributed by atoms with van der Waals surface area (Å²) in [6, 6.07) is 7.81. The minimum Gasteiger partial charge on any atom is -0.465 e. The standard InChI is InChI=1S/C15H20BrClO2/c1-2-3-11-19-15(18)13(16)9-6-8-12-7-4-5-10-14(12)17/h4-5,7,10,13H,2-3,6,8-9,11H2,1H3. The van der Waals surface area contributed by atoms with Gasteiger partial charge in [0.25, 0.3) is 0 Å². The number of alkyl halides is 1. The van der Waals surface area contributed by atoms with Crippen molar-refractivity contribution in [2.75, 3.05) is 6.61 Å². The number of carbonyl (C=O) groups is 1. The highest BCUT2D eigenvalue weighted by atomic mass is 79.9. The molecule has 2 nitrogen and oxygen atoms in total. The van der Waals surface area contributed by atoms with Crippen LogP contribution in [0.2, 0.25) is 5.02 Å². The third-order valence-corrected chi connectivity index (χ3v) is 4.06. The molecule has 0 saturated heterocycles. The van der Waals surface area contributed by atoms with E-state index in [1.807, 2.05) is 24.3 Å². The minimum atomic E-state index is -0.216. The maximum absolute atomic E-state index is 11.6. The molecule has 0 heterocycles. The van der Waals surface area contributed by atoms with Crippen LogP contribution < -0.4 is 0 Å². The number of aryl methyl sites for hydroxylation is 1. The Balaban J connectivity index is 2.25. The van der Waals surface area contributed by atoms with Crippen molar-refractivity contribution in [2.24, 2.45) is 0 Å². The summed E-state index contributed by atoms with van der Waals surface area (Å²) in [4.78, 5) is 11.4. The Labute approximate surface area is 128 Å². The van der Waals surface area contributed by atoms with Crippen molar-refractivity contribution in [2.45, 2.75) is 43.9 Å². The van der Waals surface area contributed by atoms with Gasteiger partial charge >= 0.3 is 5.97 Å². The average molecular weight is 348 g/mol. The van der Waals surface area contributed by atoms with Gasteiger partial charge in [-0.3, -0.25) is 4.79 Å². The number of hydrogen-bond donors (Lipinski definition) is 0. The zero-order valence-electron chi connectivity index (χ0n) is 11.2. The van der Waals surface area contributed by atoms with Crippen molar-refractivity contribution in [3.63, 3.8) is 0 Å². The summed E-state index contributed by atoms with van der Waals surface area (Å²) < 4.78 is 5.16. The topological polar surface area (TPSA) is 26.3 Å². The highest BCUT2D eigenvalue weighted by molar-refractivity contribution is 9.10. The maximum atomic E-state index is 11.6. The van der Waals surface area contributed by atoms with Gasteiger partial charge in [-0.1, -0.05) is 59.1 Å². The summed E-state index contributed by atoms with van der Waals surface area (Å²) in [6.07, 6.45) is 4.50. The maximum Gasteiger partial charge on any atom is 0.319 e. The van der Waals surface area contributed by atoms with Gasteiger partial charge in [0, 0.05) is 5.02 Å². The molecule has 4 heteroatoms. The highest BCUT2D eigenvalue weighted by Gasteiger charge is 2.15. The van der Waals surface area contributed by atoms with E-state index in [2.05, 4.69) is 22.9 Å². The first-order valence-corrected chi connectivity index (χ1v) is 7.98. The second-order valence-corrected chi connectivity index (χ2v) is 5.98. The summed E-state index contributed by atoms with van der Waals surface area (Å²) in [5.41, 5.74) is 1.13. The van der Waals surface area contributed by atoms with Gasteiger partial charge in [-0.15, -0.1) is 0 Å². The molecule has 0 aromatic heterocycles. The quantitative estimate of drug-likeness (QED) is 0.385. The third-order valence-electron chi connectivity index (χ3n) is 2.86. The zero-order valence-corrected chi connectivity index (χ0v) is 13.5. The Morgan fingerprint density at radius 3 is 2.79 bits per heavy atom. The first-order chi connectivity index (χ1) is 9.15. The Bertz CT molecular complexity index is 395. The van der Waals surface area contributed by atoms with Gasteiger partial charge in [0.05, 0.1) is 6.61 Å². The summed E-state index contributed by atoms with van der Waals surface area (Å²) in [6.45, 7) is 2.59. The Morgan fingerprint density at radius 2 is 2.11 bits per heavy atom. The molecule has 0 amide bonds. The number of benzene rings is 1. The Morgan fingerprint density at radius 1 is 1.37 bits per heavy atom. The van der Waals surface area contributed by atoms with Gasteiger partial charge in [-0.25, -0.2) is 0 Å². The van der Waals surface area contributed by atoms with E-state index in [0.29, 0.717) is 6.61 Å². The van der Waals surface area contributed by atoms with Crippen molar-refractivity contribution in [1.82, 2.24) is 0 Å². The van der Waals surface area contributed by atoms with Crippen molar-refractivity contribution in [3.8, 4) is 0 Å². The number of ether oxygens (including phenoxy) is 1. The summed E-state index contributed by atoms with van der Waals surface area (Å²) in [7, 11) is 0. The summed E-state index contributed by atoms with van der Waals surface area (Å²) >= 11 is 9.46. The van der Waals surface area contributed by atoms with Crippen molar-refractivity contribution in [1.29, 1.82) is 0 Å². The average Bonchev–Trinajstić information content (AvgIpc) is 2.41. The second-order valence-electron chi connectivity index (χ2n) is 4.47. The van der Waals surface area contributed by atoms with Crippen LogP contribution in [0.25, 0.3) is 0 Å². The molecule has 0 fully saturated rings. The van der Waals surface area contributed by atoms with Crippen LogP contribution >= 0.6 is 27.5 Å². The number of unbranched alkanes of at least 4 members (excludes halogenated alkanes) is 1. The molecule has 0 saturated carbocycles. The number of hydrogen-bond acceptors (Lipinski definition) is 2. The first kappa shape index (κ1) is 16.5. The minimum absolute atomic E-state index is 0.160. The number of esters is 1. The van der Waals surface area contributed by atoms with Gasteiger partial charge < -0.3 is 4.74 Å². The van der Waals surface area contributed by atoms with E-state index in [0.717, 1.165) is 42.7 Å². The van der Waals surface area contributed by atoms with Crippen molar-refractivity contribution in [3.05, 3.63) is 34.9 Å². The molecule has 0 aliphatic carbocycles. The predicted octanol–water partition coefficient (Wildman–Crippen LogP) is 4.77. The van der Waals surface area contributed by atoms with Crippen LogP contribution in [0.5, 0.6) is 0 Å². The third kappa shape index (κ3) is 6.44. The molecule has 19 heavy (non-hydrogen) atoms. The molecular formula is C15H20BrClO2. The van der Waals surface area contributed by atoms with Gasteiger partial charge in [0.1, 0.15) is 4.83 Å². The van der Waals surface area contributed by atoms with E-state index in [1.165, 1.54) is 0 Å². The smallest absolute Gasteiger partial charge is 0.319 e. The van der Waals surface area contributed by atoms with Crippen LogP contribution in [0.15, 0.2) is 24.3 Å². The van der Waals surface area contributed by atoms with Crippen LogP contribution in [-0.2, 0) is 16.0 Å². The lowest BCUT2D eigenvalue weighted by Crippen LogP contribution is -2.18. The van der Waals surface area contributed by atoms with Gasteiger partial charge in [-0.05, 0) is 37.3 Å². The summed E-state index contributed by atoms with van der Waals surface area (Å²) in [5.74, 6) is -0.160. The fourth-order valence-electron chi connectivity index (χ4n) is 1.70. The van der Waals surface area contributed by atoms with Gasteiger partial charge in [-0.2, -0.15) is 0 Å². The molecule has 0 aliphatic heterocycles. The van der Waals surface area contributed by atoms with E-state index < -0.39 is 0 Å². The molecule has 0 N–H and O–H groups in total. The number of carbonyl (C=O) groups excluding carboxylic acids is 1. The monoisotopic (exact) mass is 346 g/mol. The Hall–Kier alpha value is -0.540. The second kappa shape index (κ2) is 9.38. The van der Waals surface area contributed by atoms with Crippen molar-refractivity contribution < 1.29 is 9.53 Å². The van der Waals surface area contributed by atoms with Crippen LogP contribution in [-0.4, -0.2) is 17.4 Å². The van der Waals surface area contributed by atoms with E-state index >= 15 is 0 Å². The van der Waals surface area contributed by atoms with Crippen LogP contribution in [0.3, 0.4) is 0 Å². The van der Waals surface area contributed by atoms with Gasteiger partial charge in [0.2, 0.25) is 0 Å². The summed E-state index contributed by atoms with van der Waals surface area (Å²) in [5, 5.41) is 0.791. The zero-order chi connectivity index (χ0) is 14.1. The Kier molecular flexibility index (Phi) is 8.15. The molecule has 0 aliphatic rings. The molecule has 1 atom stereocenters. The molecular weight excluding hydrogens is 328 g/mol. The number of halogens is 2. The molecule has 0 bridgehead atoms. The number of rotatable bonds is 8. The molecule has 106 valence electrons. The van der Waals surface area contributed by atoms with E-state index in [4.69, 9.17) is 16.3 Å². The molecule has 1 aromatic rings. The van der Waals surface area contributed by atoms with Crippen molar-refractivity contribution >= 4 is 33.5 Å². The normalized spacial score (nSPS) is 12.2. The lowest BCUT2D eigenvalue weighted by molar-refractivity contribution is -0.143. The lowest BCUT2D eigenvalue weighted by atomic mass is 10.1.